The van der Waals surface area contributed by atoms with Gasteiger partial charge >= 0.3 is 0 Å². The van der Waals surface area contributed by atoms with Crippen molar-refractivity contribution in [1.29, 1.82) is 5.53 Å². The van der Waals surface area contributed by atoms with E-state index in [1.54, 1.807) is 0 Å². The monoisotopic (exact) mass is 241 g/mol. The van der Waals surface area contributed by atoms with Gasteiger partial charge in [0.2, 0.25) is 0 Å². The minimum absolute atomic E-state index is 0.152. The molecule has 90 valence electrons. The number of rotatable bonds is 9. The highest BCUT2D eigenvalue weighted by Gasteiger charge is 2.05. The lowest BCUT2D eigenvalue weighted by atomic mass is 12.3. The molecule has 0 fully saturated rings. The Morgan fingerprint density at radius 3 is 2.19 bits per heavy atom. The summed E-state index contributed by atoms with van der Waals surface area (Å²) >= 11 is 0. The fourth-order valence-corrected chi connectivity index (χ4v) is 0.235. The van der Waals surface area contributed by atoms with Crippen molar-refractivity contribution >= 4 is 0 Å². The third-order valence-electron chi connectivity index (χ3n) is 0.539. The Kier molecular flexibility index (Phi) is 9.57. The lowest BCUT2D eigenvalue weighted by molar-refractivity contribution is -0.741. The molecule has 16 heteroatoms. The van der Waals surface area contributed by atoms with Crippen LogP contribution >= 0.6 is 0 Å². The number of hydrogen-bond donors (Lipinski definition) is 3. The van der Waals surface area contributed by atoms with Crippen molar-refractivity contribution in [1.82, 2.24) is 5.34 Å². The highest BCUT2D eigenvalue weighted by Crippen LogP contribution is 1.96. The summed E-state index contributed by atoms with van der Waals surface area (Å²) in [6, 6.07) is 0. The van der Waals surface area contributed by atoms with Crippen LogP contribution in [0.2, 0.25) is 0 Å². The van der Waals surface area contributed by atoms with Crippen LogP contribution in [0.3, 0.4) is 0 Å². The van der Waals surface area contributed by atoms with E-state index in [1.807, 2.05) is 0 Å². The van der Waals surface area contributed by atoms with Crippen molar-refractivity contribution in [2.24, 2.45) is 36.6 Å². The van der Waals surface area contributed by atoms with E-state index in [-0.39, 0.29) is 5.34 Å². The van der Waals surface area contributed by atoms with Gasteiger partial charge in [-0.05, 0) is 46.0 Å². The summed E-state index contributed by atoms with van der Waals surface area (Å²) < 4.78 is 0. The van der Waals surface area contributed by atoms with Crippen LogP contribution < -0.4 is 0 Å². The highest BCUT2D eigenvalue weighted by molar-refractivity contribution is 4.06. The van der Waals surface area contributed by atoms with Crippen molar-refractivity contribution in [2.45, 2.75) is 0 Å². The molecule has 0 aliphatic rings. The van der Waals surface area contributed by atoms with Crippen LogP contribution in [-0.4, -0.2) is 15.8 Å². The van der Waals surface area contributed by atoms with E-state index in [9.17, 15) is 0 Å². The molecule has 0 saturated carbocycles. The SMILES string of the molecule is N=N/N=N/N=N/N=N/N(OOO)OOOO. The second-order valence-electron chi connectivity index (χ2n) is 1.24. The van der Waals surface area contributed by atoms with E-state index in [0.717, 1.165) is 0 Å². The number of nitrogens with one attached hydrogen (secondary N) is 1. The van der Waals surface area contributed by atoms with Gasteiger partial charge in [-0.3, -0.25) is 0 Å². The first-order chi connectivity index (χ1) is 7.85. The normalized spacial score (nSPS) is 11.9. The minimum atomic E-state index is -0.152. The van der Waals surface area contributed by atoms with E-state index in [0.29, 0.717) is 0 Å². The number of nitrogens with zero attached hydrogens (tertiary/aromatic N) is 8. The summed E-state index contributed by atoms with van der Waals surface area (Å²) in [6.07, 6.45) is 0. The third-order valence-corrected chi connectivity index (χ3v) is 0.539. The highest BCUT2D eigenvalue weighted by atomic mass is 17.7. The van der Waals surface area contributed by atoms with Gasteiger partial charge in [0.05, 0.1) is 5.34 Å². The first kappa shape index (κ1) is 13.9. The second kappa shape index (κ2) is 11.0. The molecule has 0 spiro atoms. The first-order valence-corrected chi connectivity index (χ1v) is 2.85. The summed E-state index contributed by atoms with van der Waals surface area (Å²) in [7, 11) is 0. The Morgan fingerprint density at radius 1 is 0.875 bits per heavy atom. The molecular formula is H3N9O7. The Hall–Kier alpha value is -2.08. The average Bonchev–Trinajstić information content (AvgIpc) is 2.30. The lowest BCUT2D eigenvalue weighted by Gasteiger charge is -2.05. The zero-order chi connectivity index (χ0) is 12.1. The lowest BCUT2D eigenvalue weighted by Crippen LogP contribution is -2.17. The zero-order valence-electron chi connectivity index (χ0n) is 7.01. The average molecular weight is 241 g/mol. The molecule has 0 rings (SSSR count). The van der Waals surface area contributed by atoms with Crippen molar-refractivity contribution in [3.63, 3.8) is 0 Å². The Balaban J connectivity index is 3.95. The number of hydrogen-bond acceptors (Lipinski definition) is 9. The molecule has 0 radical (unpaired) electrons. The predicted octanol–water partition coefficient (Wildman–Crippen LogP) is 0.940. The molecule has 0 bridgehead atoms. The fourth-order valence-electron chi connectivity index (χ4n) is 0.235. The van der Waals surface area contributed by atoms with E-state index in [4.69, 9.17) is 16.0 Å². The summed E-state index contributed by atoms with van der Waals surface area (Å²) in [5, 5.41) is 43.9. The van der Waals surface area contributed by atoms with Crippen molar-refractivity contribution in [3.05, 3.63) is 0 Å². The Labute approximate surface area is 84.3 Å². The molecule has 16 heavy (non-hydrogen) atoms. The molecule has 0 aromatic rings. The molecular weight excluding hydrogens is 238 g/mol. The molecule has 0 unspecified atom stereocenters. The van der Waals surface area contributed by atoms with E-state index in [2.05, 4.69) is 61.7 Å². The van der Waals surface area contributed by atoms with Crippen LogP contribution in [0.4, 0.5) is 0 Å². The van der Waals surface area contributed by atoms with Crippen molar-refractivity contribution < 1.29 is 35.6 Å². The van der Waals surface area contributed by atoms with Crippen LogP contribution in [0.5, 0.6) is 0 Å². The van der Waals surface area contributed by atoms with Gasteiger partial charge in [-0.2, -0.15) is 5.53 Å². The van der Waals surface area contributed by atoms with Gasteiger partial charge in [0.1, 0.15) is 0 Å². The quantitative estimate of drug-likeness (QED) is 0.300. The molecule has 0 aliphatic heterocycles. The van der Waals surface area contributed by atoms with Crippen LogP contribution in [0, 0.1) is 5.53 Å². The molecule has 16 nitrogen and oxygen atoms in total. The molecule has 0 aromatic carbocycles. The van der Waals surface area contributed by atoms with Gasteiger partial charge in [-0.1, -0.05) is 0 Å². The summed E-state index contributed by atoms with van der Waals surface area (Å²) in [4.78, 5) is 7.41. The van der Waals surface area contributed by atoms with E-state index in [1.165, 1.54) is 0 Å². The maximum Gasteiger partial charge on any atom is 0.0558 e. The predicted molar refractivity (Wildman–Crippen MR) is 32.2 cm³/mol. The van der Waals surface area contributed by atoms with Gasteiger partial charge in [0.15, 0.2) is 0 Å². The Morgan fingerprint density at radius 2 is 1.56 bits per heavy atom. The fraction of sp³-hybridized carbons (Fsp3) is 0. The maximum absolute atomic E-state index is 7.78. The summed E-state index contributed by atoms with van der Waals surface area (Å²) in [6.45, 7) is 0. The van der Waals surface area contributed by atoms with E-state index >= 15 is 0 Å². The topological polar surface area (TPSA) is 200 Å². The molecule has 3 N–H and O–H groups in total. The molecule has 0 aliphatic carbocycles. The first-order valence-electron chi connectivity index (χ1n) is 2.85. The zero-order valence-corrected chi connectivity index (χ0v) is 7.01. The summed E-state index contributed by atoms with van der Waals surface area (Å²) in [5.41, 5.74) is 6.14. The van der Waals surface area contributed by atoms with Gasteiger partial charge in [-0.15, -0.1) is 0 Å². The van der Waals surface area contributed by atoms with Crippen LogP contribution in [0.1, 0.15) is 0 Å². The molecule has 0 saturated heterocycles. The third kappa shape index (κ3) is 8.52. The summed E-state index contributed by atoms with van der Waals surface area (Å²) in [5.74, 6) is 0. The maximum atomic E-state index is 7.78. The van der Waals surface area contributed by atoms with Gasteiger partial charge in [-0.25, -0.2) is 10.5 Å². The largest absolute Gasteiger partial charge is 0.219 e. The molecule has 0 heterocycles. The molecule has 0 amide bonds. The van der Waals surface area contributed by atoms with Crippen molar-refractivity contribution in [3.8, 4) is 0 Å². The van der Waals surface area contributed by atoms with Gasteiger partial charge in [0, 0.05) is 15.7 Å². The van der Waals surface area contributed by atoms with Gasteiger partial charge in [0.25, 0.3) is 0 Å². The molecule has 0 atom stereocenters. The minimum Gasteiger partial charge on any atom is -0.219 e. The van der Waals surface area contributed by atoms with Crippen LogP contribution in [0.25, 0.3) is 0 Å². The van der Waals surface area contributed by atoms with E-state index < -0.39 is 0 Å². The molecule has 0 aromatic heterocycles. The van der Waals surface area contributed by atoms with Crippen LogP contribution in [0.15, 0.2) is 36.6 Å². The standard InChI is InChI=1S/H3N9O7/c1-2-3-4-5-6-7-8-9(12-14-10)13-16-15-11/h1,10-11H/b2-1?,4-3+,6-5+,8-7+. The van der Waals surface area contributed by atoms with Crippen LogP contribution in [-0.2, 0) is 25.1 Å². The smallest absolute Gasteiger partial charge is 0.0558 e. The van der Waals surface area contributed by atoms with Crippen molar-refractivity contribution in [2.75, 3.05) is 0 Å². The Bertz CT molecular complexity index is 246. The van der Waals surface area contributed by atoms with Gasteiger partial charge < -0.3 is 0 Å². The second-order valence-corrected chi connectivity index (χ2v) is 1.24.